The van der Waals surface area contributed by atoms with Crippen LogP contribution in [-0.4, -0.2) is 29.9 Å². The van der Waals surface area contributed by atoms with Gasteiger partial charge in [0.1, 0.15) is 0 Å². The summed E-state index contributed by atoms with van der Waals surface area (Å²) >= 11 is 0. The highest BCUT2D eigenvalue weighted by molar-refractivity contribution is 6.07. The molecule has 164 valence electrons. The second kappa shape index (κ2) is 9.28. The van der Waals surface area contributed by atoms with Gasteiger partial charge in [-0.3, -0.25) is 9.59 Å². The number of hydrogen-bond acceptors (Lipinski definition) is 6. The minimum atomic E-state index is -5.37. The standard InChI is InChI=1S/C20H17F3N2O6/c1-10-8-9-13(16(24)26)14(11(2)18(28)30-31-19(29)20(21,22)23)15(10)25-17(27)12-6-4-3-5-7-12/h3-9,11H,1-2H3,(H2,24,26)(H,25,27). The molecule has 0 heterocycles. The smallest absolute Gasteiger partial charge is 0.366 e. The predicted molar refractivity (Wildman–Crippen MR) is 101 cm³/mol. The van der Waals surface area contributed by atoms with E-state index in [1.54, 1.807) is 25.1 Å². The Hall–Kier alpha value is -3.89. The maximum atomic E-state index is 12.6. The largest absolute Gasteiger partial charge is 0.495 e. The van der Waals surface area contributed by atoms with Crippen molar-refractivity contribution < 1.29 is 42.1 Å². The van der Waals surface area contributed by atoms with Crippen molar-refractivity contribution in [3.63, 3.8) is 0 Å². The van der Waals surface area contributed by atoms with Crippen LogP contribution in [0.1, 0.15) is 44.7 Å². The van der Waals surface area contributed by atoms with Gasteiger partial charge in [-0.05, 0) is 37.6 Å². The van der Waals surface area contributed by atoms with E-state index >= 15 is 0 Å². The highest BCUT2D eigenvalue weighted by atomic mass is 19.4. The van der Waals surface area contributed by atoms with E-state index in [1.165, 1.54) is 31.2 Å². The molecule has 0 aliphatic rings. The van der Waals surface area contributed by atoms with E-state index in [9.17, 15) is 32.3 Å². The highest BCUT2D eigenvalue weighted by Crippen LogP contribution is 2.33. The maximum Gasteiger partial charge on any atom is 0.495 e. The fourth-order valence-electron chi connectivity index (χ4n) is 2.65. The van der Waals surface area contributed by atoms with Crippen molar-refractivity contribution in [2.45, 2.75) is 25.9 Å². The van der Waals surface area contributed by atoms with Crippen molar-refractivity contribution in [3.8, 4) is 0 Å². The maximum absolute atomic E-state index is 12.6. The summed E-state index contributed by atoms with van der Waals surface area (Å²) in [6, 6.07) is 10.7. The lowest BCUT2D eigenvalue weighted by Gasteiger charge is -2.20. The van der Waals surface area contributed by atoms with E-state index in [0.29, 0.717) is 5.56 Å². The Morgan fingerprint density at radius 2 is 1.61 bits per heavy atom. The van der Waals surface area contributed by atoms with E-state index in [0.717, 1.165) is 0 Å². The average molecular weight is 438 g/mol. The monoisotopic (exact) mass is 438 g/mol. The SMILES string of the molecule is Cc1ccc(C(N)=O)c(C(C)C(=O)OOC(=O)C(F)(F)F)c1NC(=O)c1ccccc1. The number of primary amides is 1. The van der Waals surface area contributed by atoms with Gasteiger partial charge in [-0.15, -0.1) is 0 Å². The van der Waals surface area contributed by atoms with Gasteiger partial charge in [-0.1, -0.05) is 24.3 Å². The van der Waals surface area contributed by atoms with E-state index in [-0.39, 0.29) is 22.4 Å². The summed E-state index contributed by atoms with van der Waals surface area (Å²) in [6.45, 7) is 2.75. The van der Waals surface area contributed by atoms with Crippen molar-refractivity contribution in [2.75, 3.05) is 5.32 Å². The Morgan fingerprint density at radius 1 is 1.00 bits per heavy atom. The molecular weight excluding hydrogens is 421 g/mol. The first-order valence-electron chi connectivity index (χ1n) is 8.72. The van der Waals surface area contributed by atoms with Gasteiger partial charge in [0.25, 0.3) is 5.91 Å². The highest BCUT2D eigenvalue weighted by Gasteiger charge is 2.43. The number of hydrogen-bond donors (Lipinski definition) is 2. The molecular formula is C20H17F3N2O6. The Kier molecular flexibility index (Phi) is 7.00. The quantitative estimate of drug-likeness (QED) is 0.546. The summed E-state index contributed by atoms with van der Waals surface area (Å²) in [7, 11) is 0. The summed E-state index contributed by atoms with van der Waals surface area (Å²) in [5.74, 6) is -7.12. The van der Waals surface area contributed by atoms with Crippen molar-refractivity contribution in [3.05, 3.63) is 64.7 Å². The van der Waals surface area contributed by atoms with E-state index in [1.807, 2.05) is 0 Å². The molecule has 0 fully saturated rings. The first-order valence-corrected chi connectivity index (χ1v) is 8.72. The second-order valence-corrected chi connectivity index (χ2v) is 6.40. The molecule has 0 radical (unpaired) electrons. The number of halogens is 3. The molecule has 2 aromatic carbocycles. The third-order valence-corrected chi connectivity index (χ3v) is 4.21. The van der Waals surface area contributed by atoms with Crippen LogP contribution in [0.25, 0.3) is 0 Å². The van der Waals surface area contributed by atoms with Gasteiger partial charge in [0.15, 0.2) is 0 Å². The van der Waals surface area contributed by atoms with Gasteiger partial charge >= 0.3 is 18.1 Å². The number of rotatable bonds is 5. The molecule has 11 heteroatoms. The number of nitrogens with one attached hydrogen (secondary N) is 1. The fraction of sp³-hybridized carbons (Fsp3) is 0.200. The van der Waals surface area contributed by atoms with E-state index < -0.39 is 35.8 Å². The third-order valence-electron chi connectivity index (χ3n) is 4.21. The van der Waals surface area contributed by atoms with Crippen LogP contribution in [0.3, 0.4) is 0 Å². The zero-order valence-corrected chi connectivity index (χ0v) is 16.3. The molecule has 0 bridgehead atoms. The minimum absolute atomic E-state index is 0.0387. The van der Waals surface area contributed by atoms with Crippen LogP contribution < -0.4 is 11.1 Å². The fourth-order valence-corrected chi connectivity index (χ4v) is 2.65. The van der Waals surface area contributed by atoms with Gasteiger partial charge < -0.3 is 11.1 Å². The zero-order chi connectivity index (χ0) is 23.3. The van der Waals surface area contributed by atoms with E-state index in [4.69, 9.17) is 5.73 Å². The summed E-state index contributed by atoms with van der Waals surface area (Å²) in [4.78, 5) is 55.0. The van der Waals surface area contributed by atoms with Crippen LogP contribution in [0.2, 0.25) is 0 Å². The van der Waals surface area contributed by atoms with Crippen LogP contribution in [0, 0.1) is 6.92 Å². The van der Waals surface area contributed by atoms with Crippen LogP contribution >= 0.6 is 0 Å². The van der Waals surface area contributed by atoms with Crippen molar-refractivity contribution >= 4 is 29.4 Å². The van der Waals surface area contributed by atoms with Crippen molar-refractivity contribution in [1.29, 1.82) is 0 Å². The Labute approximate surface area is 174 Å². The molecule has 8 nitrogen and oxygen atoms in total. The summed E-state index contributed by atoms with van der Waals surface area (Å²) < 4.78 is 36.7. The Balaban J connectivity index is 2.41. The molecule has 2 rings (SSSR count). The van der Waals surface area contributed by atoms with Crippen molar-refractivity contribution in [1.82, 2.24) is 0 Å². The van der Waals surface area contributed by atoms with Crippen LogP contribution in [-0.2, 0) is 19.4 Å². The molecule has 2 aromatic rings. The first kappa shape index (κ1) is 23.4. The van der Waals surface area contributed by atoms with Crippen LogP contribution in [0.5, 0.6) is 0 Å². The number of carbonyl (C=O) groups is 4. The molecule has 2 amide bonds. The third kappa shape index (κ3) is 5.59. The number of nitrogens with two attached hydrogens (primary N) is 1. The predicted octanol–water partition coefficient (Wildman–Crippen LogP) is 3.01. The lowest BCUT2D eigenvalue weighted by molar-refractivity contribution is -0.286. The molecule has 0 spiro atoms. The minimum Gasteiger partial charge on any atom is -0.366 e. The van der Waals surface area contributed by atoms with Gasteiger partial charge in [0, 0.05) is 22.4 Å². The molecule has 0 saturated heterocycles. The van der Waals surface area contributed by atoms with Gasteiger partial charge in [-0.25, -0.2) is 19.4 Å². The first-order chi connectivity index (χ1) is 14.4. The molecule has 0 aliphatic heterocycles. The number of aryl methyl sites for hydroxylation is 1. The molecule has 0 saturated carbocycles. The van der Waals surface area contributed by atoms with Gasteiger partial charge in [0.05, 0.1) is 5.92 Å². The summed E-state index contributed by atoms with van der Waals surface area (Å²) in [6.07, 6.45) is -5.37. The van der Waals surface area contributed by atoms with Crippen molar-refractivity contribution in [2.24, 2.45) is 5.73 Å². The Bertz CT molecular complexity index is 1020. The van der Waals surface area contributed by atoms with Crippen LogP contribution in [0.15, 0.2) is 42.5 Å². The normalized spacial score (nSPS) is 11.9. The number of anilines is 1. The zero-order valence-electron chi connectivity index (χ0n) is 16.3. The van der Waals surface area contributed by atoms with Gasteiger partial charge in [0.2, 0.25) is 5.91 Å². The van der Waals surface area contributed by atoms with E-state index in [2.05, 4.69) is 15.1 Å². The number of benzene rings is 2. The number of carbonyl (C=O) groups excluding carboxylic acids is 4. The van der Waals surface area contributed by atoms with Gasteiger partial charge in [-0.2, -0.15) is 13.2 Å². The molecule has 0 aliphatic carbocycles. The number of alkyl halides is 3. The second-order valence-electron chi connectivity index (χ2n) is 6.40. The molecule has 3 N–H and O–H groups in total. The average Bonchev–Trinajstić information content (AvgIpc) is 2.72. The lowest BCUT2D eigenvalue weighted by Crippen LogP contribution is -2.28. The topological polar surface area (TPSA) is 125 Å². The lowest BCUT2D eigenvalue weighted by atomic mass is 9.91. The summed E-state index contributed by atoms with van der Waals surface area (Å²) in [5.41, 5.74) is 5.80. The van der Waals surface area contributed by atoms with Crippen LogP contribution in [0.4, 0.5) is 18.9 Å². The summed E-state index contributed by atoms with van der Waals surface area (Å²) in [5, 5.41) is 2.57. The molecule has 0 aromatic heterocycles. The number of amides is 2. The molecule has 1 atom stereocenters. The Morgan fingerprint density at radius 3 is 2.16 bits per heavy atom. The molecule has 31 heavy (non-hydrogen) atoms. The molecule has 1 unspecified atom stereocenters.